The van der Waals surface area contributed by atoms with Crippen LogP contribution in [0.3, 0.4) is 0 Å². The van der Waals surface area contributed by atoms with Gasteiger partial charge in [-0.3, -0.25) is 4.99 Å². The van der Waals surface area contributed by atoms with Crippen molar-refractivity contribution in [3.05, 3.63) is 67.1 Å². The van der Waals surface area contributed by atoms with Gasteiger partial charge in [-0.15, -0.1) is 0 Å². The molecule has 82 valence electrons. The van der Waals surface area contributed by atoms with Crippen molar-refractivity contribution in [1.29, 1.82) is 0 Å². The molecule has 0 saturated carbocycles. The minimum Gasteiger partial charge on any atom is -0.265 e. The lowest BCUT2D eigenvalue weighted by Crippen LogP contribution is -3.61. The standard InChI is InChI=1S/C14H10IN2/c1-16-13-7-3-11(4-8-13)15-12-5-9-14(17-2)10-6-12/h3-10H,1H2/q+1. The lowest BCUT2D eigenvalue weighted by atomic mass is 10.3. The number of rotatable bonds is 3. The van der Waals surface area contributed by atoms with Crippen LogP contribution in [0.2, 0.25) is 0 Å². The third kappa shape index (κ3) is 3.14. The third-order valence-electron chi connectivity index (χ3n) is 2.18. The zero-order chi connectivity index (χ0) is 12.1. The van der Waals surface area contributed by atoms with Gasteiger partial charge in [-0.05, 0) is 43.1 Å². The highest BCUT2D eigenvalue weighted by molar-refractivity contribution is 5.44. The predicted molar refractivity (Wildman–Crippen MR) is 65.7 cm³/mol. The summed E-state index contributed by atoms with van der Waals surface area (Å²) in [6.45, 7) is 10.4. The van der Waals surface area contributed by atoms with Crippen molar-refractivity contribution >= 4 is 18.1 Å². The molecule has 0 N–H and O–H groups in total. The fourth-order valence-corrected chi connectivity index (χ4v) is 3.47. The van der Waals surface area contributed by atoms with E-state index in [1.807, 2.05) is 36.4 Å². The van der Waals surface area contributed by atoms with E-state index >= 15 is 0 Å². The Morgan fingerprint density at radius 1 is 0.941 bits per heavy atom. The summed E-state index contributed by atoms with van der Waals surface area (Å²) in [5, 5.41) is 0. The fourth-order valence-electron chi connectivity index (χ4n) is 1.31. The van der Waals surface area contributed by atoms with Gasteiger partial charge in [0.25, 0.3) is 0 Å². The summed E-state index contributed by atoms with van der Waals surface area (Å²) in [6, 6.07) is 16.0. The Balaban J connectivity index is 2.14. The van der Waals surface area contributed by atoms with Crippen LogP contribution >= 0.6 is 0 Å². The highest BCUT2D eigenvalue weighted by Gasteiger charge is 2.14. The summed E-state index contributed by atoms with van der Waals surface area (Å²) in [4.78, 5) is 7.25. The van der Waals surface area contributed by atoms with Gasteiger partial charge in [0.15, 0.2) is 12.8 Å². The fraction of sp³-hybridized carbons (Fsp3) is 0. The molecule has 0 aliphatic carbocycles. The van der Waals surface area contributed by atoms with E-state index in [0.717, 1.165) is 5.69 Å². The first kappa shape index (κ1) is 11.8. The molecule has 0 heterocycles. The molecule has 2 aromatic rings. The highest BCUT2D eigenvalue weighted by Crippen LogP contribution is 2.09. The van der Waals surface area contributed by atoms with Crippen LogP contribution in [0.4, 0.5) is 11.4 Å². The first-order valence-electron chi connectivity index (χ1n) is 5.01. The summed E-state index contributed by atoms with van der Waals surface area (Å²) >= 11 is -0.172. The Morgan fingerprint density at radius 2 is 1.47 bits per heavy atom. The number of aliphatic imine (C=N–C) groups is 1. The van der Waals surface area contributed by atoms with E-state index in [4.69, 9.17) is 6.57 Å². The van der Waals surface area contributed by atoms with Gasteiger partial charge in [0.05, 0.1) is 12.3 Å². The van der Waals surface area contributed by atoms with Gasteiger partial charge in [-0.25, -0.2) is 4.85 Å². The summed E-state index contributed by atoms with van der Waals surface area (Å²) in [5.74, 6) is 0. The Morgan fingerprint density at radius 3 is 1.94 bits per heavy atom. The molecule has 0 fully saturated rings. The third-order valence-corrected chi connectivity index (χ3v) is 4.87. The molecule has 0 atom stereocenters. The van der Waals surface area contributed by atoms with E-state index in [1.165, 1.54) is 7.14 Å². The Kier molecular flexibility index (Phi) is 3.89. The van der Waals surface area contributed by atoms with E-state index in [-0.39, 0.29) is 21.2 Å². The molecule has 0 aliphatic rings. The second-order valence-electron chi connectivity index (χ2n) is 3.32. The molecule has 3 heteroatoms. The smallest absolute Gasteiger partial charge is 0.265 e. The minimum atomic E-state index is -0.172. The maximum atomic E-state index is 6.90. The normalized spacial score (nSPS) is 9.59. The average Bonchev–Trinajstić information content (AvgIpc) is 2.40. The Labute approximate surface area is 111 Å². The van der Waals surface area contributed by atoms with Crippen molar-refractivity contribution < 1.29 is 21.2 Å². The molecule has 0 saturated heterocycles. The van der Waals surface area contributed by atoms with Crippen molar-refractivity contribution in [2.75, 3.05) is 0 Å². The molecule has 0 bridgehead atoms. The summed E-state index contributed by atoms with van der Waals surface area (Å²) < 4.78 is 2.65. The van der Waals surface area contributed by atoms with Gasteiger partial charge in [0.2, 0.25) is 0 Å². The first-order valence-corrected chi connectivity index (χ1v) is 7.17. The molecule has 0 aliphatic heterocycles. The second kappa shape index (κ2) is 5.60. The van der Waals surface area contributed by atoms with Crippen molar-refractivity contribution in [1.82, 2.24) is 0 Å². The van der Waals surface area contributed by atoms with Crippen molar-refractivity contribution in [2.45, 2.75) is 0 Å². The number of nitrogens with zero attached hydrogens (tertiary/aromatic N) is 2. The topological polar surface area (TPSA) is 16.7 Å². The molecule has 2 rings (SSSR count). The van der Waals surface area contributed by atoms with Gasteiger partial charge in [-0.2, -0.15) is 0 Å². The Bertz CT molecular complexity index is 550. The average molecular weight is 333 g/mol. The van der Waals surface area contributed by atoms with Crippen LogP contribution in [0.1, 0.15) is 0 Å². The van der Waals surface area contributed by atoms with Crippen LogP contribution in [0, 0.1) is 13.7 Å². The number of benzene rings is 2. The molecule has 0 unspecified atom stereocenters. The summed E-state index contributed by atoms with van der Waals surface area (Å²) in [5.41, 5.74) is 1.60. The number of halogens is 1. The highest BCUT2D eigenvalue weighted by atomic mass is 127. The van der Waals surface area contributed by atoms with Gasteiger partial charge >= 0.3 is 21.2 Å². The molecule has 0 amide bonds. The molecule has 0 radical (unpaired) electrons. The van der Waals surface area contributed by atoms with Crippen molar-refractivity contribution in [3.8, 4) is 0 Å². The molecule has 2 aromatic carbocycles. The lowest BCUT2D eigenvalue weighted by molar-refractivity contribution is -0.597. The van der Waals surface area contributed by atoms with Crippen LogP contribution in [0.15, 0.2) is 53.5 Å². The minimum absolute atomic E-state index is 0.172. The molecule has 0 aromatic heterocycles. The van der Waals surface area contributed by atoms with E-state index in [9.17, 15) is 0 Å². The molecule has 0 spiro atoms. The quantitative estimate of drug-likeness (QED) is 0.447. The zero-order valence-corrected chi connectivity index (χ0v) is 11.3. The molecular weight excluding hydrogens is 323 g/mol. The van der Waals surface area contributed by atoms with Crippen LogP contribution in [-0.4, -0.2) is 6.72 Å². The van der Waals surface area contributed by atoms with Gasteiger partial charge in [-0.1, -0.05) is 12.1 Å². The maximum absolute atomic E-state index is 6.90. The zero-order valence-electron chi connectivity index (χ0n) is 9.10. The largest absolute Gasteiger partial charge is 0.357 e. The molecule has 2 nitrogen and oxygen atoms in total. The first-order chi connectivity index (χ1) is 8.31. The lowest BCUT2D eigenvalue weighted by Gasteiger charge is -1.90. The van der Waals surface area contributed by atoms with E-state index < -0.39 is 0 Å². The van der Waals surface area contributed by atoms with Crippen LogP contribution < -0.4 is 21.2 Å². The Hall–Kier alpha value is -1.67. The monoisotopic (exact) mass is 333 g/mol. The summed E-state index contributed by atoms with van der Waals surface area (Å²) in [6.07, 6.45) is 0. The van der Waals surface area contributed by atoms with Crippen LogP contribution in [0.25, 0.3) is 4.85 Å². The van der Waals surface area contributed by atoms with E-state index in [0.29, 0.717) is 5.69 Å². The number of hydrogen-bond acceptors (Lipinski definition) is 1. The maximum Gasteiger partial charge on any atom is 0.357 e. The van der Waals surface area contributed by atoms with Gasteiger partial charge < -0.3 is 0 Å². The molecule has 17 heavy (non-hydrogen) atoms. The van der Waals surface area contributed by atoms with Gasteiger partial charge in [0, 0.05) is 0 Å². The van der Waals surface area contributed by atoms with Crippen LogP contribution in [0.5, 0.6) is 0 Å². The number of hydrogen-bond donors (Lipinski definition) is 0. The predicted octanol–water partition coefficient (Wildman–Crippen LogP) is 0.698. The van der Waals surface area contributed by atoms with E-state index in [2.05, 4.69) is 28.7 Å². The van der Waals surface area contributed by atoms with E-state index in [1.54, 1.807) is 0 Å². The van der Waals surface area contributed by atoms with Crippen molar-refractivity contribution in [2.24, 2.45) is 4.99 Å². The van der Waals surface area contributed by atoms with Gasteiger partial charge in [0.1, 0.15) is 0 Å². The molecular formula is C14H10IN2+. The van der Waals surface area contributed by atoms with Crippen LogP contribution in [-0.2, 0) is 0 Å². The second-order valence-corrected chi connectivity index (χ2v) is 6.35. The van der Waals surface area contributed by atoms with Crippen molar-refractivity contribution in [3.63, 3.8) is 0 Å². The summed E-state index contributed by atoms with van der Waals surface area (Å²) in [7, 11) is 0. The SMILES string of the molecule is [C-]#[N+]c1ccc([I+]c2ccc(N=C)cc2)cc1.